The molecule has 2 bridgehead atoms. The third-order valence-electron chi connectivity index (χ3n) is 8.96. The maximum Gasteiger partial charge on any atom is 0.193 e. The summed E-state index contributed by atoms with van der Waals surface area (Å²) in [6.07, 6.45) is 8.41. The molecule has 0 unspecified atom stereocenters. The number of aliphatic hydroxyl groups is 1. The molecule has 5 atom stereocenters. The van der Waals surface area contributed by atoms with Gasteiger partial charge in [0, 0.05) is 17.8 Å². The Balaban J connectivity index is 3.16. The van der Waals surface area contributed by atoms with Gasteiger partial charge < -0.3 is 5.11 Å². The van der Waals surface area contributed by atoms with Gasteiger partial charge >= 0.3 is 0 Å². The summed E-state index contributed by atoms with van der Waals surface area (Å²) >= 11 is 0. The van der Waals surface area contributed by atoms with Gasteiger partial charge in [-0.05, 0) is 87.0 Å². The van der Waals surface area contributed by atoms with Gasteiger partial charge in [-0.1, -0.05) is 67.4 Å². The molecule has 2 aliphatic rings. The van der Waals surface area contributed by atoms with Gasteiger partial charge in [0.05, 0.1) is 5.41 Å². The molecule has 0 aromatic rings. The first-order valence-electron chi connectivity index (χ1n) is 14.3. The smallest absolute Gasteiger partial charge is 0.193 e. The Morgan fingerprint density at radius 2 is 1.23 bits per heavy atom. The number of carbonyl (C=O) groups excluding carboxylic acids is 4. The molecule has 1 N–H and O–H groups in total. The van der Waals surface area contributed by atoms with Gasteiger partial charge in [-0.2, -0.15) is 0 Å². The summed E-state index contributed by atoms with van der Waals surface area (Å²) in [7, 11) is 0. The number of Topliss-reactive ketones (excluding diaryl/α,β-unsaturated/α-hetero) is 4. The van der Waals surface area contributed by atoms with E-state index in [4.69, 9.17) is 0 Å². The normalized spacial score (nSPS) is 32.0. The summed E-state index contributed by atoms with van der Waals surface area (Å²) in [4.78, 5) is 58.6. The van der Waals surface area contributed by atoms with Crippen molar-refractivity contribution in [1.29, 1.82) is 0 Å². The molecule has 0 heterocycles. The van der Waals surface area contributed by atoms with Crippen LogP contribution in [0.3, 0.4) is 0 Å². The van der Waals surface area contributed by atoms with Crippen molar-refractivity contribution in [2.45, 2.75) is 114 Å². The summed E-state index contributed by atoms with van der Waals surface area (Å²) in [6, 6.07) is 0. The molecule has 5 heteroatoms. The molecule has 2 fully saturated rings. The van der Waals surface area contributed by atoms with Crippen LogP contribution in [-0.2, 0) is 19.2 Å². The first-order chi connectivity index (χ1) is 17.8. The van der Waals surface area contributed by atoms with Crippen molar-refractivity contribution in [2.24, 2.45) is 28.1 Å². The second-order valence-corrected chi connectivity index (χ2v) is 13.5. The number of carbonyl (C=O) groups is 4. The first-order valence-corrected chi connectivity index (χ1v) is 14.3. The van der Waals surface area contributed by atoms with Gasteiger partial charge in [0.25, 0.3) is 0 Å². The standard InChI is InChI=1S/C34H50O5/c1-21(2)12-13-26-20-32(18-15-23(5)6)28(36)33(39,19-16-24(7)8)30(38)34(29(32)37,27(35)25(9)10)31(26,11)17-14-22(3)4/h12,14-16,25-26,39H,13,17-20H2,1-11H3/t26-,31+,32-,33-,34+/m0/s1. The van der Waals surface area contributed by atoms with Crippen molar-refractivity contribution < 1.29 is 24.3 Å². The minimum Gasteiger partial charge on any atom is -0.374 e. The first kappa shape index (κ1) is 32.8. The minimum atomic E-state index is -2.46. The van der Waals surface area contributed by atoms with Crippen LogP contribution in [0.2, 0.25) is 0 Å². The second kappa shape index (κ2) is 11.6. The van der Waals surface area contributed by atoms with Crippen LogP contribution in [0.4, 0.5) is 0 Å². The van der Waals surface area contributed by atoms with E-state index >= 15 is 0 Å². The molecule has 0 aliphatic heterocycles. The average Bonchev–Trinajstić information content (AvgIpc) is 2.83. The number of hydrogen-bond donors (Lipinski definition) is 1. The highest BCUT2D eigenvalue weighted by Gasteiger charge is 2.81. The van der Waals surface area contributed by atoms with Crippen molar-refractivity contribution in [3.05, 3.63) is 46.6 Å². The van der Waals surface area contributed by atoms with Gasteiger partial charge in [-0.3, -0.25) is 19.2 Å². The molecule has 2 aliphatic carbocycles. The zero-order valence-electron chi connectivity index (χ0n) is 26.1. The van der Waals surface area contributed by atoms with Crippen LogP contribution in [0.25, 0.3) is 0 Å². The Labute approximate surface area is 235 Å². The Kier molecular flexibility index (Phi) is 9.76. The SMILES string of the molecule is CC(C)=CC[C@H]1C[C@@]2(CC=C(C)C)C(=O)[C@@](O)(CC=C(C)C)C(=O)[C@@](C(=O)C(C)C)(C2=O)[C@]1(C)CC=C(C)C. The Hall–Kier alpha value is -2.40. The van der Waals surface area contributed by atoms with Gasteiger partial charge in [0.1, 0.15) is 0 Å². The molecule has 0 saturated heterocycles. The van der Waals surface area contributed by atoms with Crippen molar-refractivity contribution in [2.75, 3.05) is 0 Å². The minimum absolute atomic E-state index is 0.0641. The Bertz CT molecular complexity index is 1140. The molecule has 0 aromatic carbocycles. The highest BCUT2D eigenvalue weighted by atomic mass is 16.3. The van der Waals surface area contributed by atoms with Crippen LogP contribution in [0.5, 0.6) is 0 Å². The number of allylic oxidation sites excluding steroid dienone is 7. The Morgan fingerprint density at radius 3 is 1.69 bits per heavy atom. The van der Waals surface area contributed by atoms with E-state index in [1.54, 1.807) is 19.9 Å². The molecule has 2 saturated carbocycles. The third-order valence-corrected chi connectivity index (χ3v) is 8.96. The fourth-order valence-corrected chi connectivity index (χ4v) is 6.61. The fraction of sp³-hybridized carbons (Fsp3) is 0.647. The largest absolute Gasteiger partial charge is 0.374 e. The molecule has 216 valence electrons. The second-order valence-electron chi connectivity index (χ2n) is 13.5. The summed E-state index contributed by atoms with van der Waals surface area (Å²) < 4.78 is 0. The van der Waals surface area contributed by atoms with E-state index in [-0.39, 0.29) is 25.2 Å². The molecular formula is C34H50O5. The number of hydrogen-bond acceptors (Lipinski definition) is 5. The highest BCUT2D eigenvalue weighted by Crippen LogP contribution is 2.67. The lowest BCUT2D eigenvalue weighted by Crippen LogP contribution is -2.79. The molecule has 0 radical (unpaired) electrons. The number of fused-ring (bicyclic) bond motifs is 2. The Morgan fingerprint density at radius 1 is 0.769 bits per heavy atom. The van der Waals surface area contributed by atoms with Gasteiger partial charge in [0.15, 0.2) is 34.1 Å². The van der Waals surface area contributed by atoms with Gasteiger partial charge in [-0.15, -0.1) is 0 Å². The molecule has 0 aromatic heterocycles. The highest BCUT2D eigenvalue weighted by molar-refractivity contribution is 6.41. The molecule has 2 rings (SSSR count). The van der Waals surface area contributed by atoms with Crippen LogP contribution in [0.15, 0.2) is 46.6 Å². The zero-order chi connectivity index (χ0) is 30.1. The number of rotatable bonds is 10. The van der Waals surface area contributed by atoms with Crippen LogP contribution in [0.1, 0.15) is 108 Å². The fourth-order valence-electron chi connectivity index (χ4n) is 6.61. The van der Waals surface area contributed by atoms with E-state index in [1.807, 2.05) is 74.5 Å². The maximum atomic E-state index is 14.9. The monoisotopic (exact) mass is 538 g/mol. The van der Waals surface area contributed by atoms with E-state index in [2.05, 4.69) is 6.08 Å². The summed E-state index contributed by atoms with van der Waals surface area (Å²) in [6.45, 7) is 20.6. The van der Waals surface area contributed by atoms with Gasteiger partial charge in [-0.25, -0.2) is 0 Å². The lowest BCUT2D eigenvalue weighted by Gasteiger charge is -2.63. The van der Waals surface area contributed by atoms with E-state index in [1.165, 1.54) is 0 Å². The average molecular weight is 539 g/mol. The van der Waals surface area contributed by atoms with Crippen LogP contribution < -0.4 is 0 Å². The summed E-state index contributed by atoms with van der Waals surface area (Å²) in [5.41, 5.74) is -3.53. The van der Waals surface area contributed by atoms with Crippen LogP contribution in [-0.4, -0.2) is 33.8 Å². The molecule has 5 nitrogen and oxygen atoms in total. The number of ketones is 4. The summed E-state index contributed by atoms with van der Waals surface area (Å²) in [5.74, 6) is -3.74. The van der Waals surface area contributed by atoms with E-state index in [9.17, 15) is 24.3 Å². The predicted molar refractivity (Wildman–Crippen MR) is 157 cm³/mol. The van der Waals surface area contributed by atoms with Gasteiger partial charge in [0.2, 0.25) is 0 Å². The van der Waals surface area contributed by atoms with E-state index in [0.29, 0.717) is 12.8 Å². The van der Waals surface area contributed by atoms with Crippen molar-refractivity contribution in [3.63, 3.8) is 0 Å². The molecule has 0 spiro atoms. The maximum absolute atomic E-state index is 14.9. The molecule has 39 heavy (non-hydrogen) atoms. The van der Waals surface area contributed by atoms with Crippen LogP contribution in [0, 0.1) is 28.1 Å². The quantitative estimate of drug-likeness (QED) is 0.237. The van der Waals surface area contributed by atoms with Crippen molar-refractivity contribution >= 4 is 23.1 Å². The topological polar surface area (TPSA) is 88.5 Å². The van der Waals surface area contributed by atoms with Crippen molar-refractivity contribution in [3.8, 4) is 0 Å². The van der Waals surface area contributed by atoms with Crippen LogP contribution >= 0.6 is 0 Å². The lowest BCUT2D eigenvalue weighted by molar-refractivity contribution is -0.201. The summed E-state index contributed by atoms with van der Waals surface area (Å²) in [5, 5.41) is 12.1. The van der Waals surface area contributed by atoms with E-state index in [0.717, 1.165) is 22.3 Å². The lowest BCUT2D eigenvalue weighted by atomic mass is 9.35. The third kappa shape index (κ3) is 5.36. The molecule has 0 amide bonds. The van der Waals surface area contributed by atoms with E-state index < -0.39 is 50.9 Å². The molecular weight excluding hydrogens is 488 g/mol. The van der Waals surface area contributed by atoms with Crippen molar-refractivity contribution in [1.82, 2.24) is 0 Å². The predicted octanol–water partition coefficient (Wildman–Crippen LogP) is 7.09. The zero-order valence-corrected chi connectivity index (χ0v) is 26.1.